The lowest BCUT2D eigenvalue weighted by atomic mass is 10.2. The minimum atomic E-state index is -1.29. The zero-order valence-corrected chi connectivity index (χ0v) is 9.78. The van der Waals surface area contributed by atoms with Crippen molar-refractivity contribution in [2.24, 2.45) is 0 Å². The maximum atomic E-state index is 13.0. The first-order chi connectivity index (χ1) is 8.16. The summed E-state index contributed by atoms with van der Waals surface area (Å²) in [6, 6.07) is 7.67. The summed E-state index contributed by atoms with van der Waals surface area (Å²) in [6.07, 6.45) is 2.99. The van der Waals surface area contributed by atoms with Crippen LogP contribution < -0.4 is 5.73 Å². The first kappa shape index (κ1) is 11.7. The zero-order chi connectivity index (χ0) is 12.3. The van der Waals surface area contributed by atoms with Gasteiger partial charge in [-0.3, -0.25) is 9.19 Å². The summed E-state index contributed by atoms with van der Waals surface area (Å²) in [7, 11) is -1.29. The molecule has 1 heterocycles. The molecule has 2 N–H and O–H groups in total. The van der Waals surface area contributed by atoms with Gasteiger partial charge in [0.15, 0.2) is 0 Å². The molecule has 17 heavy (non-hydrogen) atoms. The van der Waals surface area contributed by atoms with E-state index in [1.807, 2.05) is 0 Å². The number of nitrogens with two attached hydrogens (primary N) is 1. The topological polar surface area (TPSA) is 56.0 Å². The van der Waals surface area contributed by atoms with Gasteiger partial charge in [-0.1, -0.05) is 12.1 Å². The molecule has 0 amide bonds. The Hall–Kier alpha value is -1.75. The average molecular weight is 250 g/mol. The third-order valence-electron chi connectivity index (χ3n) is 2.24. The van der Waals surface area contributed by atoms with Gasteiger partial charge in [0.05, 0.1) is 33.3 Å². The molecule has 2 rings (SSSR count). The molecule has 0 aliphatic carbocycles. The first-order valence-electron chi connectivity index (χ1n) is 4.99. The van der Waals surface area contributed by atoms with E-state index in [4.69, 9.17) is 5.73 Å². The molecule has 0 saturated heterocycles. The molecule has 0 fully saturated rings. The second kappa shape index (κ2) is 5.05. The van der Waals surface area contributed by atoms with Gasteiger partial charge in [-0.05, 0) is 23.8 Å². The number of nitrogens with zero attached hydrogens (tertiary/aromatic N) is 1. The van der Waals surface area contributed by atoms with Crippen LogP contribution in [0.4, 0.5) is 10.1 Å². The van der Waals surface area contributed by atoms with Gasteiger partial charge >= 0.3 is 0 Å². The van der Waals surface area contributed by atoms with Gasteiger partial charge in [0, 0.05) is 6.20 Å². The predicted molar refractivity (Wildman–Crippen MR) is 65.2 cm³/mol. The highest BCUT2D eigenvalue weighted by Crippen LogP contribution is 2.17. The number of benzene rings is 1. The van der Waals surface area contributed by atoms with Crippen molar-refractivity contribution in [1.82, 2.24) is 4.98 Å². The molecule has 0 aliphatic heterocycles. The van der Waals surface area contributed by atoms with Crippen LogP contribution in [0.2, 0.25) is 0 Å². The summed E-state index contributed by atoms with van der Waals surface area (Å²) in [4.78, 5) is 4.36. The monoisotopic (exact) mass is 250 g/mol. The average Bonchev–Trinajstić information content (AvgIpc) is 2.29. The van der Waals surface area contributed by atoms with Crippen molar-refractivity contribution in [3.8, 4) is 0 Å². The number of nitrogen functional groups attached to an aromatic ring is 1. The Morgan fingerprint density at radius 1 is 1.35 bits per heavy atom. The summed E-state index contributed by atoms with van der Waals surface area (Å²) in [6.45, 7) is 0. The van der Waals surface area contributed by atoms with Crippen LogP contribution in [0.3, 0.4) is 0 Å². The van der Waals surface area contributed by atoms with E-state index in [9.17, 15) is 8.60 Å². The minimum absolute atomic E-state index is 0.242. The maximum Gasteiger partial charge on any atom is 0.123 e. The van der Waals surface area contributed by atoms with Crippen molar-refractivity contribution in [1.29, 1.82) is 0 Å². The smallest absolute Gasteiger partial charge is 0.123 e. The summed E-state index contributed by atoms with van der Waals surface area (Å²) in [5, 5.41) is 0. The molecule has 1 aromatic heterocycles. The van der Waals surface area contributed by atoms with Gasteiger partial charge in [0.2, 0.25) is 0 Å². The van der Waals surface area contributed by atoms with E-state index < -0.39 is 10.8 Å². The van der Waals surface area contributed by atoms with Crippen LogP contribution in [-0.2, 0) is 16.6 Å². The van der Waals surface area contributed by atoms with Crippen LogP contribution in [0.15, 0.2) is 47.6 Å². The second-order valence-electron chi connectivity index (χ2n) is 3.53. The van der Waals surface area contributed by atoms with Gasteiger partial charge in [-0.2, -0.15) is 0 Å². The predicted octanol–water partition coefficient (Wildman–Crippen LogP) is 2.11. The third-order valence-corrected chi connectivity index (χ3v) is 3.70. The number of aromatic nitrogens is 1. The SMILES string of the molecule is Nc1cnccc1S(=O)Cc1cccc(F)c1. The molecule has 3 nitrogen and oxygen atoms in total. The van der Waals surface area contributed by atoms with Crippen LogP contribution in [0.5, 0.6) is 0 Å². The highest BCUT2D eigenvalue weighted by atomic mass is 32.2. The summed E-state index contributed by atoms with van der Waals surface area (Å²) in [5.41, 5.74) is 6.75. The lowest BCUT2D eigenvalue weighted by Crippen LogP contribution is -2.01. The van der Waals surface area contributed by atoms with Crippen LogP contribution in [0.25, 0.3) is 0 Å². The van der Waals surface area contributed by atoms with Crippen LogP contribution >= 0.6 is 0 Å². The van der Waals surface area contributed by atoms with E-state index in [-0.39, 0.29) is 11.6 Å². The molecule has 1 unspecified atom stereocenters. The second-order valence-corrected chi connectivity index (χ2v) is 4.95. The van der Waals surface area contributed by atoms with E-state index in [0.717, 1.165) is 0 Å². The van der Waals surface area contributed by atoms with Gasteiger partial charge in [0.25, 0.3) is 0 Å². The van der Waals surface area contributed by atoms with E-state index in [1.165, 1.54) is 24.5 Å². The highest BCUT2D eigenvalue weighted by molar-refractivity contribution is 7.84. The van der Waals surface area contributed by atoms with Crippen molar-refractivity contribution in [3.05, 3.63) is 54.1 Å². The van der Waals surface area contributed by atoms with Crippen molar-refractivity contribution >= 4 is 16.5 Å². The fraction of sp³-hybridized carbons (Fsp3) is 0.0833. The fourth-order valence-corrected chi connectivity index (χ4v) is 2.62. The zero-order valence-electron chi connectivity index (χ0n) is 8.97. The molecule has 0 saturated carbocycles. The number of rotatable bonds is 3. The van der Waals surface area contributed by atoms with Crippen LogP contribution in [0.1, 0.15) is 5.56 Å². The summed E-state index contributed by atoms with van der Waals surface area (Å²) in [5.74, 6) is -0.0893. The molecule has 0 bridgehead atoms. The Bertz CT molecular complexity index is 560. The quantitative estimate of drug-likeness (QED) is 0.907. The van der Waals surface area contributed by atoms with E-state index in [2.05, 4.69) is 4.98 Å². The molecule has 88 valence electrons. The number of pyridine rings is 1. The largest absolute Gasteiger partial charge is 0.396 e. The van der Waals surface area contributed by atoms with E-state index in [1.54, 1.807) is 18.2 Å². The van der Waals surface area contributed by atoms with Crippen molar-refractivity contribution in [3.63, 3.8) is 0 Å². The molecular weight excluding hydrogens is 239 g/mol. The normalized spacial score (nSPS) is 12.3. The summed E-state index contributed by atoms with van der Waals surface area (Å²) < 4.78 is 25.0. The molecule has 5 heteroatoms. The number of hydrogen-bond donors (Lipinski definition) is 1. The van der Waals surface area contributed by atoms with Crippen LogP contribution in [-0.4, -0.2) is 9.19 Å². The van der Waals surface area contributed by atoms with E-state index >= 15 is 0 Å². The lowest BCUT2D eigenvalue weighted by molar-refractivity contribution is 0.626. The van der Waals surface area contributed by atoms with Crippen LogP contribution in [0, 0.1) is 5.82 Å². The molecule has 1 atom stereocenters. The highest BCUT2D eigenvalue weighted by Gasteiger charge is 2.08. The Labute approximate surface area is 101 Å². The van der Waals surface area contributed by atoms with Gasteiger partial charge < -0.3 is 5.73 Å². The van der Waals surface area contributed by atoms with Crippen molar-refractivity contribution in [2.45, 2.75) is 10.6 Å². The molecule has 0 aliphatic rings. The third kappa shape index (κ3) is 2.88. The molecule has 2 aromatic rings. The fourth-order valence-electron chi connectivity index (χ4n) is 1.46. The standard InChI is InChI=1S/C12H11FN2OS/c13-10-3-1-2-9(6-10)8-17(16)12-4-5-15-7-11(12)14/h1-7H,8,14H2. The minimum Gasteiger partial charge on any atom is -0.396 e. The molecule has 0 radical (unpaired) electrons. The van der Waals surface area contributed by atoms with E-state index in [0.29, 0.717) is 16.1 Å². The Morgan fingerprint density at radius 2 is 2.18 bits per heavy atom. The summed E-state index contributed by atoms with van der Waals surface area (Å²) >= 11 is 0. The van der Waals surface area contributed by atoms with Crippen molar-refractivity contribution in [2.75, 3.05) is 5.73 Å². The van der Waals surface area contributed by atoms with Gasteiger partial charge in [-0.25, -0.2) is 4.39 Å². The Kier molecular flexibility index (Phi) is 3.49. The maximum absolute atomic E-state index is 13.0. The van der Waals surface area contributed by atoms with Gasteiger partial charge in [0.1, 0.15) is 5.82 Å². The first-order valence-corrected chi connectivity index (χ1v) is 6.31. The number of hydrogen-bond acceptors (Lipinski definition) is 3. The molecule has 1 aromatic carbocycles. The number of halogens is 1. The molecule has 0 spiro atoms. The lowest BCUT2D eigenvalue weighted by Gasteiger charge is -2.05. The molecular formula is C12H11FN2OS. The van der Waals surface area contributed by atoms with Crippen molar-refractivity contribution < 1.29 is 8.60 Å². The Balaban J connectivity index is 2.20. The van der Waals surface area contributed by atoms with Gasteiger partial charge in [-0.15, -0.1) is 0 Å². The Morgan fingerprint density at radius 3 is 2.88 bits per heavy atom. The number of anilines is 1.